The highest BCUT2D eigenvalue weighted by Crippen LogP contribution is 2.13. The normalized spacial score (nSPS) is 12.7. The van der Waals surface area contributed by atoms with Crippen molar-refractivity contribution in [2.24, 2.45) is 5.92 Å². The van der Waals surface area contributed by atoms with E-state index >= 15 is 0 Å². The van der Waals surface area contributed by atoms with E-state index in [-0.39, 0.29) is 0 Å². The molecule has 0 aliphatic rings. The SMILES string of the molecule is CCCC(C)N(C)c1ccc(CNCC(C)C)nn1. The van der Waals surface area contributed by atoms with Gasteiger partial charge in [0.25, 0.3) is 0 Å². The third-order valence-corrected chi connectivity index (χ3v) is 3.29. The Kier molecular flexibility index (Phi) is 6.78. The number of hydrogen-bond donors (Lipinski definition) is 1. The van der Waals surface area contributed by atoms with Crippen LogP contribution in [0, 0.1) is 5.92 Å². The highest BCUT2D eigenvalue weighted by atomic mass is 15.3. The summed E-state index contributed by atoms with van der Waals surface area (Å²) < 4.78 is 0. The van der Waals surface area contributed by atoms with Crippen molar-refractivity contribution in [2.75, 3.05) is 18.5 Å². The molecule has 19 heavy (non-hydrogen) atoms. The second-order valence-corrected chi connectivity index (χ2v) is 5.66. The Balaban J connectivity index is 2.51. The molecule has 0 bridgehead atoms. The van der Waals surface area contributed by atoms with Crippen LogP contribution in [0.3, 0.4) is 0 Å². The molecule has 1 aromatic rings. The lowest BCUT2D eigenvalue weighted by Gasteiger charge is -2.25. The molecule has 1 heterocycles. The Morgan fingerprint density at radius 2 is 1.95 bits per heavy atom. The van der Waals surface area contributed by atoms with Gasteiger partial charge in [-0.05, 0) is 37.9 Å². The summed E-state index contributed by atoms with van der Waals surface area (Å²) in [6, 6.07) is 4.63. The number of anilines is 1. The highest BCUT2D eigenvalue weighted by molar-refractivity contribution is 5.37. The number of hydrogen-bond acceptors (Lipinski definition) is 4. The van der Waals surface area contributed by atoms with Crippen molar-refractivity contribution in [1.82, 2.24) is 15.5 Å². The van der Waals surface area contributed by atoms with Crippen LogP contribution in [-0.2, 0) is 6.54 Å². The predicted octanol–water partition coefficient (Wildman–Crippen LogP) is 2.85. The van der Waals surface area contributed by atoms with Crippen molar-refractivity contribution < 1.29 is 0 Å². The standard InChI is InChI=1S/C15H28N4/c1-6-7-13(4)19(5)15-9-8-14(17-18-15)11-16-10-12(2)3/h8-9,12-13,16H,6-7,10-11H2,1-5H3. The molecule has 0 aliphatic heterocycles. The quantitative estimate of drug-likeness (QED) is 0.784. The maximum Gasteiger partial charge on any atom is 0.151 e. The monoisotopic (exact) mass is 264 g/mol. The van der Waals surface area contributed by atoms with E-state index in [1.807, 2.05) is 0 Å². The first kappa shape index (κ1) is 15.9. The van der Waals surface area contributed by atoms with Gasteiger partial charge >= 0.3 is 0 Å². The first-order valence-corrected chi connectivity index (χ1v) is 7.30. The largest absolute Gasteiger partial charge is 0.355 e. The summed E-state index contributed by atoms with van der Waals surface area (Å²) in [7, 11) is 2.08. The molecule has 4 heteroatoms. The Hall–Kier alpha value is -1.16. The number of rotatable bonds is 8. The summed E-state index contributed by atoms with van der Waals surface area (Å²) >= 11 is 0. The zero-order valence-electron chi connectivity index (χ0n) is 13.0. The topological polar surface area (TPSA) is 41.0 Å². The van der Waals surface area contributed by atoms with E-state index in [0.29, 0.717) is 12.0 Å². The van der Waals surface area contributed by atoms with Crippen LogP contribution >= 0.6 is 0 Å². The molecule has 0 aliphatic carbocycles. The Bertz CT molecular complexity index is 348. The molecule has 0 fully saturated rings. The zero-order chi connectivity index (χ0) is 14.3. The van der Waals surface area contributed by atoms with Crippen LogP contribution in [0.5, 0.6) is 0 Å². The van der Waals surface area contributed by atoms with E-state index in [0.717, 1.165) is 24.6 Å². The van der Waals surface area contributed by atoms with Crippen molar-refractivity contribution in [3.05, 3.63) is 17.8 Å². The van der Waals surface area contributed by atoms with Gasteiger partial charge in [-0.3, -0.25) is 0 Å². The number of nitrogens with zero attached hydrogens (tertiary/aromatic N) is 3. The van der Waals surface area contributed by atoms with Gasteiger partial charge in [-0.1, -0.05) is 27.2 Å². The minimum absolute atomic E-state index is 0.504. The molecule has 0 amide bonds. The van der Waals surface area contributed by atoms with Crippen molar-refractivity contribution in [1.29, 1.82) is 0 Å². The Morgan fingerprint density at radius 1 is 1.21 bits per heavy atom. The van der Waals surface area contributed by atoms with Crippen LogP contribution < -0.4 is 10.2 Å². The molecule has 1 aromatic heterocycles. The van der Waals surface area contributed by atoms with E-state index < -0.39 is 0 Å². The van der Waals surface area contributed by atoms with Gasteiger partial charge in [0.1, 0.15) is 0 Å². The minimum Gasteiger partial charge on any atom is -0.355 e. The summed E-state index contributed by atoms with van der Waals surface area (Å²) in [5.74, 6) is 1.61. The van der Waals surface area contributed by atoms with Gasteiger partial charge in [0.2, 0.25) is 0 Å². The van der Waals surface area contributed by atoms with Gasteiger partial charge < -0.3 is 10.2 Å². The average Bonchev–Trinajstić information content (AvgIpc) is 2.38. The third kappa shape index (κ3) is 5.55. The van der Waals surface area contributed by atoms with Crippen molar-refractivity contribution >= 4 is 5.82 Å². The van der Waals surface area contributed by atoms with Gasteiger partial charge in [0, 0.05) is 19.6 Å². The lowest BCUT2D eigenvalue weighted by molar-refractivity contribution is 0.545. The fourth-order valence-corrected chi connectivity index (χ4v) is 1.96. The first-order chi connectivity index (χ1) is 9.04. The molecule has 0 saturated heterocycles. The Labute approximate surface area is 117 Å². The lowest BCUT2D eigenvalue weighted by Crippen LogP contribution is -2.29. The van der Waals surface area contributed by atoms with E-state index in [1.54, 1.807) is 0 Å². The number of nitrogens with one attached hydrogen (secondary N) is 1. The van der Waals surface area contributed by atoms with Gasteiger partial charge in [-0.25, -0.2) is 0 Å². The molecule has 1 rings (SSSR count). The average molecular weight is 264 g/mol. The Morgan fingerprint density at radius 3 is 2.47 bits per heavy atom. The molecule has 108 valence electrons. The smallest absolute Gasteiger partial charge is 0.151 e. The molecule has 1 atom stereocenters. The van der Waals surface area contributed by atoms with Crippen LogP contribution in [0.4, 0.5) is 5.82 Å². The lowest BCUT2D eigenvalue weighted by atomic mass is 10.2. The maximum atomic E-state index is 4.32. The fourth-order valence-electron chi connectivity index (χ4n) is 1.96. The van der Waals surface area contributed by atoms with E-state index in [1.165, 1.54) is 12.8 Å². The van der Waals surface area contributed by atoms with E-state index in [9.17, 15) is 0 Å². The molecule has 0 saturated carbocycles. The van der Waals surface area contributed by atoms with Gasteiger partial charge in [-0.2, -0.15) is 5.10 Å². The summed E-state index contributed by atoms with van der Waals surface area (Å²) in [5.41, 5.74) is 1.00. The zero-order valence-corrected chi connectivity index (χ0v) is 13.0. The molecule has 0 radical (unpaired) electrons. The van der Waals surface area contributed by atoms with Gasteiger partial charge in [0.15, 0.2) is 5.82 Å². The van der Waals surface area contributed by atoms with Crippen LogP contribution in [0.1, 0.15) is 46.2 Å². The summed E-state index contributed by atoms with van der Waals surface area (Å²) in [6.45, 7) is 10.6. The molecule has 0 spiro atoms. The number of aromatic nitrogens is 2. The maximum absolute atomic E-state index is 4.32. The van der Waals surface area contributed by atoms with Crippen LogP contribution in [-0.4, -0.2) is 29.8 Å². The van der Waals surface area contributed by atoms with E-state index in [2.05, 4.69) is 67.3 Å². The van der Waals surface area contributed by atoms with Crippen molar-refractivity contribution in [2.45, 2.75) is 53.1 Å². The van der Waals surface area contributed by atoms with Crippen molar-refractivity contribution in [3.8, 4) is 0 Å². The van der Waals surface area contributed by atoms with Gasteiger partial charge in [-0.15, -0.1) is 5.10 Å². The second-order valence-electron chi connectivity index (χ2n) is 5.66. The second kappa shape index (κ2) is 8.10. The molecule has 1 N–H and O–H groups in total. The first-order valence-electron chi connectivity index (χ1n) is 7.30. The predicted molar refractivity (Wildman–Crippen MR) is 81.3 cm³/mol. The highest BCUT2D eigenvalue weighted by Gasteiger charge is 2.10. The summed E-state index contributed by atoms with van der Waals surface area (Å²) in [5, 5.41) is 12.0. The minimum atomic E-state index is 0.504. The van der Waals surface area contributed by atoms with Gasteiger partial charge in [0.05, 0.1) is 5.69 Å². The van der Waals surface area contributed by atoms with Crippen LogP contribution in [0.2, 0.25) is 0 Å². The summed E-state index contributed by atoms with van der Waals surface area (Å²) in [6.07, 6.45) is 2.37. The van der Waals surface area contributed by atoms with E-state index in [4.69, 9.17) is 0 Å². The van der Waals surface area contributed by atoms with Crippen molar-refractivity contribution in [3.63, 3.8) is 0 Å². The van der Waals surface area contributed by atoms with Crippen LogP contribution in [0.15, 0.2) is 12.1 Å². The third-order valence-electron chi connectivity index (χ3n) is 3.29. The molecule has 1 unspecified atom stereocenters. The molecule has 4 nitrogen and oxygen atoms in total. The van der Waals surface area contributed by atoms with Crippen LogP contribution in [0.25, 0.3) is 0 Å². The molecular formula is C15H28N4. The summed E-state index contributed by atoms with van der Waals surface area (Å²) in [4.78, 5) is 2.20. The molecular weight excluding hydrogens is 236 g/mol. The fraction of sp³-hybridized carbons (Fsp3) is 0.733. The molecule has 0 aromatic carbocycles.